The van der Waals surface area contributed by atoms with Crippen molar-refractivity contribution in [1.29, 1.82) is 0 Å². The van der Waals surface area contributed by atoms with Gasteiger partial charge in [-0.1, -0.05) is 12.1 Å². The lowest BCUT2D eigenvalue weighted by Gasteiger charge is -2.27. The molecule has 41 heavy (non-hydrogen) atoms. The molecule has 0 spiro atoms. The van der Waals surface area contributed by atoms with E-state index in [0.29, 0.717) is 11.3 Å². The molecule has 0 saturated carbocycles. The number of carbonyl (C=O) groups is 6. The van der Waals surface area contributed by atoms with Gasteiger partial charge in [0.25, 0.3) is 0 Å². The summed E-state index contributed by atoms with van der Waals surface area (Å²) in [5.41, 5.74) is 1.09. The highest BCUT2D eigenvalue weighted by Gasteiger charge is 2.23. The third-order valence-electron chi connectivity index (χ3n) is 5.45. The minimum Gasteiger partial charge on any atom is -0.480 e. The van der Waals surface area contributed by atoms with Crippen molar-refractivity contribution in [2.24, 2.45) is 4.99 Å². The molecule has 1 rings (SSSR count). The molecule has 1 aromatic carbocycles. The molecule has 0 aromatic heterocycles. The fourth-order valence-electron chi connectivity index (χ4n) is 3.67. The van der Waals surface area contributed by atoms with Gasteiger partial charge >= 0.3 is 29.8 Å². The normalized spacial score (nSPS) is 11.6. The van der Waals surface area contributed by atoms with Gasteiger partial charge in [0.1, 0.15) is 6.04 Å². The Labute approximate surface area is 239 Å². The second kappa shape index (κ2) is 18.1. The van der Waals surface area contributed by atoms with Crippen LogP contribution in [-0.4, -0.2) is 146 Å². The number of carboxylic acid groups (broad SMARTS) is 5. The first kappa shape index (κ1) is 34.7. The molecule has 0 aliphatic rings. The van der Waals surface area contributed by atoms with Crippen molar-refractivity contribution in [2.75, 3.05) is 58.9 Å². The van der Waals surface area contributed by atoms with Gasteiger partial charge in [-0.25, -0.2) is 4.79 Å². The second-order valence-electron chi connectivity index (χ2n) is 8.80. The van der Waals surface area contributed by atoms with Crippen LogP contribution in [0.3, 0.4) is 0 Å². The van der Waals surface area contributed by atoms with Crippen LogP contribution in [0.5, 0.6) is 0 Å². The first-order chi connectivity index (χ1) is 19.3. The zero-order valence-corrected chi connectivity index (χ0v) is 22.7. The molecule has 0 radical (unpaired) electrons. The number of aliphatic carboxylic acids is 5. The number of hydrogen-bond acceptors (Lipinski definition) is 11. The average Bonchev–Trinajstić information content (AvgIpc) is 2.84. The van der Waals surface area contributed by atoms with Crippen LogP contribution in [0, 0.1) is 0 Å². The summed E-state index contributed by atoms with van der Waals surface area (Å²) in [6.07, 6.45) is -0.0723. The first-order valence-corrected chi connectivity index (χ1v) is 12.4. The Kier molecular flexibility index (Phi) is 15.4. The molecule has 1 unspecified atom stereocenters. The smallest absolute Gasteiger partial charge is 0.326 e. The van der Waals surface area contributed by atoms with Crippen molar-refractivity contribution >= 4 is 58.8 Å². The fourth-order valence-corrected chi connectivity index (χ4v) is 3.77. The Hall–Kier alpha value is -4.28. The predicted octanol–water partition coefficient (Wildman–Crippen LogP) is -1.22. The minimum atomic E-state index is -1.33. The van der Waals surface area contributed by atoms with Crippen LogP contribution in [0.2, 0.25) is 0 Å². The molecule has 0 aliphatic carbocycles. The maximum absolute atomic E-state index is 12.7. The van der Waals surface area contributed by atoms with E-state index in [9.17, 15) is 44.1 Å². The lowest BCUT2D eigenvalue weighted by Crippen LogP contribution is -2.49. The topological polar surface area (TPSA) is 238 Å². The van der Waals surface area contributed by atoms with Gasteiger partial charge in [-0.05, 0) is 29.9 Å². The number of carbonyl (C=O) groups excluding carboxylic acids is 1. The number of aliphatic imine (C=N–C) groups is 1. The van der Waals surface area contributed by atoms with E-state index in [-0.39, 0.29) is 32.6 Å². The number of benzene rings is 1. The molecule has 1 amide bonds. The molecule has 224 valence electrons. The molecular weight excluding hydrogens is 566 g/mol. The third kappa shape index (κ3) is 15.8. The lowest BCUT2D eigenvalue weighted by atomic mass is 10.1. The maximum atomic E-state index is 12.7. The van der Waals surface area contributed by atoms with Crippen molar-refractivity contribution in [1.82, 2.24) is 20.0 Å². The molecule has 6 N–H and O–H groups in total. The number of hydrogen-bond donors (Lipinski definition) is 6. The van der Waals surface area contributed by atoms with E-state index in [2.05, 4.69) is 27.7 Å². The summed E-state index contributed by atoms with van der Waals surface area (Å²) < 4.78 is 0. The van der Waals surface area contributed by atoms with Crippen LogP contribution >= 0.6 is 12.2 Å². The highest BCUT2D eigenvalue weighted by molar-refractivity contribution is 7.78. The first-order valence-electron chi connectivity index (χ1n) is 12.0. The summed E-state index contributed by atoms with van der Waals surface area (Å²) >= 11 is 4.53. The zero-order valence-electron chi connectivity index (χ0n) is 21.8. The Bertz CT molecular complexity index is 1130. The van der Waals surface area contributed by atoms with Crippen LogP contribution in [-0.2, 0) is 35.2 Å². The highest BCUT2D eigenvalue weighted by atomic mass is 32.1. The maximum Gasteiger partial charge on any atom is 0.326 e. The molecule has 16 nitrogen and oxygen atoms in total. The number of rotatable bonds is 21. The van der Waals surface area contributed by atoms with Crippen molar-refractivity contribution in [3.8, 4) is 0 Å². The Morgan fingerprint density at radius 1 is 0.707 bits per heavy atom. The fraction of sp³-hybridized carbons (Fsp3) is 0.458. The molecule has 0 saturated heterocycles. The van der Waals surface area contributed by atoms with Gasteiger partial charge in [-0.15, -0.1) is 0 Å². The predicted molar refractivity (Wildman–Crippen MR) is 144 cm³/mol. The number of amides is 1. The van der Waals surface area contributed by atoms with E-state index in [0.717, 1.165) is 4.90 Å². The van der Waals surface area contributed by atoms with Crippen molar-refractivity contribution in [3.63, 3.8) is 0 Å². The number of carboxylic acids is 5. The largest absolute Gasteiger partial charge is 0.480 e. The second-order valence-corrected chi connectivity index (χ2v) is 8.99. The quantitative estimate of drug-likeness (QED) is 0.0719. The number of nitrogens with zero attached hydrogens (tertiary/aromatic N) is 4. The van der Waals surface area contributed by atoms with E-state index < -0.39 is 74.5 Å². The van der Waals surface area contributed by atoms with Gasteiger partial charge in [0.05, 0.1) is 43.6 Å². The van der Waals surface area contributed by atoms with Crippen LogP contribution in [0.25, 0.3) is 0 Å². The average molecular weight is 598 g/mol. The van der Waals surface area contributed by atoms with Crippen molar-refractivity contribution in [3.05, 3.63) is 29.8 Å². The van der Waals surface area contributed by atoms with Crippen molar-refractivity contribution in [2.45, 2.75) is 12.5 Å². The van der Waals surface area contributed by atoms with Gasteiger partial charge in [-0.3, -0.25) is 38.7 Å². The summed E-state index contributed by atoms with van der Waals surface area (Å²) in [4.78, 5) is 76.5. The van der Waals surface area contributed by atoms with E-state index in [1.165, 1.54) is 9.80 Å². The van der Waals surface area contributed by atoms with Gasteiger partial charge in [-0.2, -0.15) is 4.99 Å². The van der Waals surface area contributed by atoms with Gasteiger partial charge in [0, 0.05) is 32.6 Å². The Morgan fingerprint density at radius 2 is 1.12 bits per heavy atom. The van der Waals surface area contributed by atoms with Crippen LogP contribution in [0.15, 0.2) is 29.3 Å². The monoisotopic (exact) mass is 597 g/mol. The molecular formula is C24H31N5O11S. The molecule has 17 heteroatoms. The summed E-state index contributed by atoms with van der Waals surface area (Å²) in [6.45, 7) is -3.18. The number of nitrogens with one attached hydrogen (secondary N) is 1. The van der Waals surface area contributed by atoms with Gasteiger partial charge < -0.3 is 30.8 Å². The van der Waals surface area contributed by atoms with Crippen LogP contribution < -0.4 is 5.32 Å². The highest BCUT2D eigenvalue weighted by Crippen LogP contribution is 2.13. The molecule has 0 fully saturated rings. The summed E-state index contributed by atoms with van der Waals surface area (Å²) in [5, 5.41) is 50.6. The van der Waals surface area contributed by atoms with Gasteiger partial charge in [0.2, 0.25) is 5.91 Å². The van der Waals surface area contributed by atoms with Crippen LogP contribution in [0.1, 0.15) is 5.56 Å². The van der Waals surface area contributed by atoms with Crippen molar-refractivity contribution < 1.29 is 54.3 Å². The SMILES string of the molecule is O=C(O)CN(CCN(CC(=O)O)CC(=O)O)CCN(CC(=O)O)CC(=O)NC(Cc1ccc(N=C=S)cc1)C(=O)O. The number of thiocarbonyl (C=S) groups is 1. The third-order valence-corrected chi connectivity index (χ3v) is 5.54. The van der Waals surface area contributed by atoms with E-state index >= 15 is 0 Å². The molecule has 0 aliphatic heterocycles. The molecule has 0 bridgehead atoms. The number of isothiocyanates is 1. The molecule has 0 heterocycles. The molecule has 1 aromatic rings. The van der Waals surface area contributed by atoms with E-state index in [1.807, 2.05) is 0 Å². The lowest BCUT2D eigenvalue weighted by molar-refractivity contribution is -0.143. The zero-order chi connectivity index (χ0) is 30.9. The summed E-state index contributed by atoms with van der Waals surface area (Å²) in [5.74, 6) is -7.16. The summed E-state index contributed by atoms with van der Waals surface area (Å²) in [7, 11) is 0. The standard InChI is InChI=1S/C24H31N5O11S/c30-19(26-18(24(39)40)9-16-1-3-17(4-2-16)25-15-41)10-28(12-21(33)34)7-5-27(11-20(31)32)6-8-29(13-22(35)36)14-23(37)38/h1-4,18H,5-14H2,(H,26,30)(H,31,32)(H,33,34)(H,35,36)(H,37,38)(H,39,40). The van der Waals surface area contributed by atoms with E-state index in [4.69, 9.17) is 10.2 Å². The van der Waals surface area contributed by atoms with E-state index in [1.54, 1.807) is 24.3 Å². The Morgan fingerprint density at radius 3 is 1.54 bits per heavy atom. The summed E-state index contributed by atoms with van der Waals surface area (Å²) in [6, 6.07) is 5.07. The Balaban J connectivity index is 2.86. The molecule has 1 atom stereocenters. The van der Waals surface area contributed by atoms with Gasteiger partial charge in [0.15, 0.2) is 0 Å². The van der Waals surface area contributed by atoms with Crippen LogP contribution in [0.4, 0.5) is 5.69 Å². The minimum absolute atomic E-state index is 0.0599.